The zero-order chi connectivity index (χ0) is 23.7. The smallest absolute Gasteiger partial charge is 0.322 e. The molecule has 0 atom stereocenters. The average molecular weight is 485 g/mol. The summed E-state index contributed by atoms with van der Waals surface area (Å²) in [5.41, 5.74) is 1.17. The summed E-state index contributed by atoms with van der Waals surface area (Å²) in [6, 6.07) is 11.6. The van der Waals surface area contributed by atoms with Gasteiger partial charge in [0.25, 0.3) is 5.56 Å². The fraction of sp³-hybridized carbons (Fsp3) is 0.217. The van der Waals surface area contributed by atoms with Gasteiger partial charge in [-0.2, -0.15) is 0 Å². The summed E-state index contributed by atoms with van der Waals surface area (Å²) < 4.78 is 17.3. The molecule has 0 fully saturated rings. The number of nitrogens with zero attached hydrogens (tertiary/aromatic N) is 3. The van der Waals surface area contributed by atoms with Gasteiger partial charge in [0.1, 0.15) is 17.1 Å². The van der Waals surface area contributed by atoms with E-state index in [1.165, 1.54) is 35.2 Å². The van der Waals surface area contributed by atoms with Crippen LogP contribution in [0.3, 0.4) is 0 Å². The molecule has 10 heteroatoms. The minimum Gasteiger partial charge on any atom is -0.322 e. The van der Waals surface area contributed by atoms with Crippen molar-refractivity contribution in [1.29, 1.82) is 0 Å². The third-order valence-electron chi connectivity index (χ3n) is 5.14. The number of thioether (sulfide) groups is 1. The molecule has 0 unspecified atom stereocenters. The van der Waals surface area contributed by atoms with E-state index < -0.39 is 29.5 Å². The van der Waals surface area contributed by atoms with Crippen molar-refractivity contribution in [2.24, 2.45) is 0 Å². The van der Waals surface area contributed by atoms with Crippen LogP contribution in [0.1, 0.15) is 18.1 Å². The highest BCUT2D eigenvalue weighted by Gasteiger charge is 2.21. The van der Waals surface area contributed by atoms with Gasteiger partial charge in [0.05, 0.1) is 11.4 Å². The lowest BCUT2D eigenvalue weighted by molar-refractivity contribution is -0.116. The van der Waals surface area contributed by atoms with Gasteiger partial charge in [-0.25, -0.2) is 18.7 Å². The van der Waals surface area contributed by atoms with Crippen molar-refractivity contribution in [2.45, 2.75) is 31.2 Å². The number of aromatic nitrogens is 3. The maximum Gasteiger partial charge on any atom is 0.337 e. The Labute approximate surface area is 196 Å². The number of rotatable bonds is 6. The summed E-state index contributed by atoms with van der Waals surface area (Å²) in [6.07, 6.45) is 2.63. The molecule has 0 bridgehead atoms. The molecule has 0 aliphatic heterocycles. The number of carbonyl (C=O) groups is 1. The van der Waals surface area contributed by atoms with E-state index in [1.54, 1.807) is 25.1 Å². The molecule has 1 amide bonds. The fourth-order valence-corrected chi connectivity index (χ4v) is 4.90. The van der Waals surface area contributed by atoms with Crippen LogP contribution in [0.4, 0.5) is 10.1 Å². The second-order valence-corrected chi connectivity index (χ2v) is 9.45. The van der Waals surface area contributed by atoms with E-state index in [0.29, 0.717) is 10.0 Å². The Bertz CT molecular complexity index is 1470. The molecule has 4 aromatic rings. The largest absolute Gasteiger partial charge is 0.337 e. The van der Waals surface area contributed by atoms with E-state index in [2.05, 4.69) is 10.3 Å². The highest BCUT2D eigenvalue weighted by molar-refractivity contribution is 8.00. The molecule has 0 radical (unpaired) electrons. The summed E-state index contributed by atoms with van der Waals surface area (Å²) in [5, 5.41) is 2.50. The molecule has 33 heavy (non-hydrogen) atoms. The number of thiazole rings is 1. The van der Waals surface area contributed by atoms with E-state index in [9.17, 15) is 18.8 Å². The molecular formula is C23H21FN4O3S2. The monoisotopic (exact) mass is 484 g/mol. The maximum atomic E-state index is 14.2. The maximum absolute atomic E-state index is 14.2. The first-order chi connectivity index (χ1) is 15.8. The topological polar surface area (TPSA) is 86.0 Å². The van der Waals surface area contributed by atoms with Gasteiger partial charge in [0.15, 0.2) is 9.99 Å². The summed E-state index contributed by atoms with van der Waals surface area (Å²) in [5.74, 6) is -1.17. The first kappa shape index (κ1) is 22.9. The summed E-state index contributed by atoms with van der Waals surface area (Å²) >= 11 is 2.51. The SMILES string of the molecule is CCc1ccc(-n2c(=O)c3sc(SC)nc3n(CC(=O)Nc3ccc(C)cc3F)c2=O)cc1. The van der Waals surface area contributed by atoms with Crippen molar-refractivity contribution in [1.82, 2.24) is 14.1 Å². The highest BCUT2D eigenvalue weighted by Crippen LogP contribution is 2.25. The van der Waals surface area contributed by atoms with Crippen LogP contribution in [0.5, 0.6) is 0 Å². The fourth-order valence-electron chi connectivity index (χ4n) is 3.41. The Hall–Kier alpha value is -3.24. The first-order valence-electron chi connectivity index (χ1n) is 10.2. The Balaban J connectivity index is 1.82. The normalized spacial score (nSPS) is 11.2. The predicted molar refractivity (Wildman–Crippen MR) is 130 cm³/mol. The highest BCUT2D eigenvalue weighted by atomic mass is 32.2. The van der Waals surface area contributed by atoms with E-state index in [4.69, 9.17) is 0 Å². The molecule has 0 saturated heterocycles. The van der Waals surface area contributed by atoms with Gasteiger partial charge in [-0.1, -0.05) is 36.9 Å². The number of nitrogens with one attached hydrogen (secondary N) is 1. The summed E-state index contributed by atoms with van der Waals surface area (Å²) in [6.45, 7) is 3.33. The van der Waals surface area contributed by atoms with Crippen LogP contribution in [0.2, 0.25) is 0 Å². The third kappa shape index (κ3) is 4.49. The lowest BCUT2D eigenvalue weighted by atomic mass is 10.1. The number of carbonyl (C=O) groups excluding carboxylic acids is 1. The molecule has 170 valence electrons. The Morgan fingerprint density at radius 3 is 2.55 bits per heavy atom. The van der Waals surface area contributed by atoms with E-state index in [0.717, 1.165) is 26.7 Å². The van der Waals surface area contributed by atoms with Gasteiger partial charge in [-0.15, -0.1) is 11.3 Å². The molecule has 1 N–H and O–H groups in total. The number of anilines is 1. The first-order valence-corrected chi connectivity index (χ1v) is 12.2. The molecule has 4 rings (SSSR count). The number of aryl methyl sites for hydroxylation is 2. The molecule has 0 aliphatic carbocycles. The van der Waals surface area contributed by atoms with Gasteiger partial charge in [0.2, 0.25) is 5.91 Å². The van der Waals surface area contributed by atoms with Crippen molar-refractivity contribution in [3.63, 3.8) is 0 Å². The van der Waals surface area contributed by atoms with Crippen LogP contribution in [0.25, 0.3) is 16.0 Å². The molecule has 0 spiro atoms. The van der Waals surface area contributed by atoms with Gasteiger partial charge in [-0.05, 0) is 55.0 Å². The van der Waals surface area contributed by atoms with Crippen LogP contribution in [-0.2, 0) is 17.8 Å². The van der Waals surface area contributed by atoms with Crippen LogP contribution in [-0.4, -0.2) is 26.3 Å². The standard InChI is InChI=1S/C23H21FN4O3S2/c1-4-14-6-8-15(9-7-14)28-21(30)19-20(26-22(32-3)33-19)27(23(28)31)12-18(29)25-17-10-5-13(2)11-16(17)24/h5-11H,4,12H2,1-3H3,(H,25,29). The van der Waals surface area contributed by atoms with Crippen LogP contribution in [0.15, 0.2) is 56.4 Å². The summed E-state index contributed by atoms with van der Waals surface area (Å²) in [7, 11) is 0. The zero-order valence-electron chi connectivity index (χ0n) is 18.2. The average Bonchev–Trinajstić information content (AvgIpc) is 3.24. The molecule has 2 heterocycles. The quantitative estimate of drug-likeness (QED) is 0.419. The van der Waals surface area contributed by atoms with E-state index >= 15 is 0 Å². The third-order valence-corrected chi connectivity index (χ3v) is 7.16. The number of hydrogen-bond acceptors (Lipinski definition) is 6. The Kier molecular flexibility index (Phi) is 6.48. The van der Waals surface area contributed by atoms with Crippen molar-refractivity contribution in [3.8, 4) is 5.69 Å². The lowest BCUT2D eigenvalue weighted by Crippen LogP contribution is -2.40. The number of halogens is 1. The predicted octanol–water partition coefficient (Wildman–Crippen LogP) is 3.98. The Morgan fingerprint density at radius 1 is 1.18 bits per heavy atom. The molecule has 0 aliphatic rings. The Morgan fingerprint density at radius 2 is 1.91 bits per heavy atom. The zero-order valence-corrected chi connectivity index (χ0v) is 19.8. The van der Waals surface area contributed by atoms with Crippen LogP contribution < -0.4 is 16.6 Å². The second kappa shape index (κ2) is 9.32. The van der Waals surface area contributed by atoms with Gasteiger partial charge in [-0.3, -0.25) is 14.2 Å². The molecular weight excluding hydrogens is 463 g/mol. The molecule has 7 nitrogen and oxygen atoms in total. The van der Waals surface area contributed by atoms with Gasteiger partial charge >= 0.3 is 5.69 Å². The van der Waals surface area contributed by atoms with Crippen LogP contribution in [0, 0.1) is 12.7 Å². The van der Waals surface area contributed by atoms with Crippen molar-refractivity contribution in [3.05, 3.63) is 80.2 Å². The van der Waals surface area contributed by atoms with Crippen LogP contribution >= 0.6 is 23.1 Å². The van der Waals surface area contributed by atoms with E-state index in [-0.39, 0.29) is 16.0 Å². The second-order valence-electron chi connectivity index (χ2n) is 7.40. The summed E-state index contributed by atoms with van der Waals surface area (Å²) in [4.78, 5) is 43.7. The van der Waals surface area contributed by atoms with Gasteiger partial charge in [0, 0.05) is 0 Å². The minimum absolute atomic E-state index is 0.0152. The number of hydrogen-bond donors (Lipinski definition) is 1. The number of amides is 1. The van der Waals surface area contributed by atoms with Crippen molar-refractivity contribution >= 4 is 45.0 Å². The van der Waals surface area contributed by atoms with Crippen molar-refractivity contribution in [2.75, 3.05) is 11.6 Å². The van der Waals surface area contributed by atoms with Gasteiger partial charge < -0.3 is 5.32 Å². The van der Waals surface area contributed by atoms with E-state index in [1.807, 2.05) is 25.3 Å². The molecule has 0 saturated carbocycles. The van der Waals surface area contributed by atoms with Crippen molar-refractivity contribution < 1.29 is 9.18 Å². The minimum atomic E-state index is -0.686. The molecule has 2 aromatic carbocycles. The lowest BCUT2D eigenvalue weighted by Gasteiger charge is -2.12. The number of benzene rings is 2. The number of fused-ring (bicyclic) bond motifs is 1. The molecule has 2 aromatic heterocycles.